The van der Waals surface area contributed by atoms with Crippen LogP contribution in [-0.4, -0.2) is 19.7 Å². The fraction of sp³-hybridized carbons (Fsp3) is 0.364. The predicted molar refractivity (Wildman–Crippen MR) is 63.9 cm³/mol. The van der Waals surface area contributed by atoms with Crippen molar-refractivity contribution in [3.63, 3.8) is 0 Å². The van der Waals surface area contributed by atoms with Gasteiger partial charge >= 0.3 is 0 Å². The fourth-order valence-corrected chi connectivity index (χ4v) is 1.39. The molecule has 2 aromatic rings. The van der Waals surface area contributed by atoms with Crippen LogP contribution < -0.4 is 10.5 Å². The molecule has 0 aliphatic heterocycles. The second-order valence-electron chi connectivity index (χ2n) is 4.03. The molecule has 0 bridgehead atoms. The lowest BCUT2D eigenvalue weighted by atomic mass is 10.4. The molecule has 2 rings (SSSR count). The van der Waals surface area contributed by atoms with E-state index in [0.29, 0.717) is 29.3 Å². The number of anilines is 1. The number of aromatic nitrogens is 4. The highest BCUT2D eigenvalue weighted by Crippen LogP contribution is 2.20. The Morgan fingerprint density at radius 3 is 2.71 bits per heavy atom. The zero-order chi connectivity index (χ0) is 12.4. The molecule has 0 aromatic carbocycles. The Balaban J connectivity index is 2.19. The van der Waals surface area contributed by atoms with Gasteiger partial charge < -0.3 is 10.5 Å². The topological polar surface area (TPSA) is 78.9 Å². The first-order valence-electron chi connectivity index (χ1n) is 5.38. The second-order valence-corrected chi connectivity index (χ2v) is 4.03. The van der Waals surface area contributed by atoms with E-state index in [1.165, 1.54) is 0 Å². The average molecular weight is 233 g/mol. The summed E-state index contributed by atoms with van der Waals surface area (Å²) in [6.45, 7) is 5.86. The van der Waals surface area contributed by atoms with Crippen LogP contribution in [0.15, 0.2) is 18.5 Å². The third-order valence-electron chi connectivity index (χ3n) is 2.16. The molecule has 0 radical (unpaired) electrons. The Kier molecular flexibility index (Phi) is 2.95. The van der Waals surface area contributed by atoms with Crippen LogP contribution in [0.2, 0.25) is 0 Å². The van der Waals surface area contributed by atoms with Crippen molar-refractivity contribution in [1.29, 1.82) is 0 Å². The SMILES string of the molecule is Cc1nc(N)cc(Oc2cnn(C(C)C)c2)n1. The summed E-state index contributed by atoms with van der Waals surface area (Å²) in [5.74, 6) is 2.04. The van der Waals surface area contributed by atoms with Crippen LogP contribution in [0.25, 0.3) is 0 Å². The van der Waals surface area contributed by atoms with E-state index in [-0.39, 0.29) is 0 Å². The summed E-state index contributed by atoms with van der Waals surface area (Å²) in [5, 5.41) is 4.17. The third kappa shape index (κ3) is 2.72. The van der Waals surface area contributed by atoms with Crippen molar-refractivity contribution in [2.75, 3.05) is 5.73 Å². The van der Waals surface area contributed by atoms with Crippen molar-refractivity contribution >= 4 is 5.82 Å². The highest BCUT2D eigenvalue weighted by molar-refractivity contribution is 5.34. The maximum absolute atomic E-state index is 5.61. The van der Waals surface area contributed by atoms with Crippen molar-refractivity contribution in [2.24, 2.45) is 0 Å². The molecule has 2 N–H and O–H groups in total. The molecule has 0 fully saturated rings. The van der Waals surface area contributed by atoms with Crippen LogP contribution in [0.4, 0.5) is 5.82 Å². The molecule has 90 valence electrons. The van der Waals surface area contributed by atoms with Crippen molar-refractivity contribution < 1.29 is 4.74 Å². The highest BCUT2D eigenvalue weighted by atomic mass is 16.5. The van der Waals surface area contributed by atoms with Crippen molar-refractivity contribution in [3.05, 3.63) is 24.3 Å². The first-order valence-corrected chi connectivity index (χ1v) is 5.38. The summed E-state index contributed by atoms with van der Waals surface area (Å²) in [4.78, 5) is 8.11. The van der Waals surface area contributed by atoms with Gasteiger partial charge in [0.15, 0.2) is 5.75 Å². The van der Waals surface area contributed by atoms with Crippen LogP contribution in [0.1, 0.15) is 25.7 Å². The van der Waals surface area contributed by atoms with E-state index in [2.05, 4.69) is 15.1 Å². The van der Waals surface area contributed by atoms with Crippen molar-refractivity contribution in [2.45, 2.75) is 26.8 Å². The zero-order valence-electron chi connectivity index (χ0n) is 10.1. The largest absolute Gasteiger partial charge is 0.436 e. The number of hydrogen-bond donors (Lipinski definition) is 1. The molecule has 6 nitrogen and oxygen atoms in total. The Labute approximate surface area is 99.4 Å². The van der Waals surface area contributed by atoms with Gasteiger partial charge in [0.1, 0.15) is 11.6 Å². The summed E-state index contributed by atoms with van der Waals surface area (Å²) in [6, 6.07) is 1.88. The number of nitrogen functional groups attached to an aromatic ring is 1. The third-order valence-corrected chi connectivity index (χ3v) is 2.16. The molecule has 0 atom stereocenters. The first-order chi connectivity index (χ1) is 8.04. The van der Waals surface area contributed by atoms with E-state index in [4.69, 9.17) is 10.5 Å². The number of rotatable bonds is 3. The molecule has 0 saturated heterocycles. The molecular formula is C11H15N5O. The predicted octanol–water partition coefficient (Wildman–Crippen LogP) is 1.94. The molecule has 0 saturated carbocycles. The summed E-state index contributed by atoms with van der Waals surface area (Å²) < 4.78 is 7.37. The smallest absolute Gasteiger partial charge is 0.224 e. The van der Waals surface area contributed by atoms with E-state index < -0.39 is 0 Å². The molecule has 6 heteroatoms. The minimum Gasteiger partial charge on any atom is -0.436 e. The summed E-state index contributed by atoms with van der Waals surface area (Å²) in [6.07, 6.45) is 3.46. The van der Waals surface area contributed by atoms with Crippen LogP contribution in [0, 0.1) is 6.92 Å². The standard InChI is InChI=1S/C11H15N5O/c1-7(2)16-6-9(5-13-16)17-11-4-10(12)14-8(3)15-11/h4-7H,1-3H3,(H2,12,14,15). The van der Waals surface area contributed by atoms with Crippen molar-refractivity contribution in [1.82, 2.24) is 19.7 Å². The van der Waals surface area contributed by atoms with Gasteiger partial charge in [0.2, 0.25) is 5.88 Å². The Morgan fingerprint density at radius 2 is 2.12 bits per heavy atom. The Hall–Kier alpha value is -2.11. The molecule has 2 heterocycles. The molecule has 0 aliphatic carbocycles. The maximum Gasteiger partial charge on any atom is 0.224 e. The maximum atomic E-state index is 5.61. The van der Waals surface area contributed by atoms with Crippen LogP contribution in [-0.2, 0) is 0 Å². The second kappa shape index (κ2) is 4.40. The number of ether oxygens (including phenoxy) is 1. The van der Waals surface area contributed by atoms with Crippen LogP contribution >= 0.6 is 0 Å². The summed E-state index contributed by atoms with van der Waals surface area (Å²) in [5.41, 5.74) is 5.61. The minimum absolute atomic E-state index is 0.296. The van der Waals surface area contributed by atoms with Gasteiger partial charge in [-0.25, -0.2) is 4.98 Å². The van der Waals surface area contributed by atoms with E-state index >= 15 is 0 Å². The average Bonchev–Trinajstić information content (AvgIpc) is 2.64. The number of nitrogens with zero attached hydrogens (tertiary/aromatic N) is 4. The van der Waals surface area contributed by atoms with Crippen molar-refractivity contribution in [3.8, 4) is 11.6 Å². The van der Waals surface area contributed by atoms with Crippen LogP contribution in [0.5, 0.6) is 11.6 Å². The minimum atomic E-state index is 0.296. The number of nitrogens with two attached hydrogens (primary N) is 1. The summed E-state index contributed by atoms with van der Waals surface area (Å²) >= 11 is 0. The van der Waals surface area contributed by atoms with Gasteiger partial charge in [0.05, 0.1) is 12.4 Å². The Morgan fingerprint density at radius 1 is 1.35 bits per heavy atom. The van der Waals surface area contributed by atoms with Gasteiger partial charge in [-0.1, -0.05) is 0 Å². The number of aryl methyl sites for hydroxylation is 1. The van der Waals surface area contributed by atoms with E-state index in [1.54, 1.807) is 19.2 Å². The van der Waals surface area contributed by atoms with Gasteiger partial charge in [-0.15, -0.1) is 0 Å². The normalized spacial score (nSPS) is 10.8. The van der Waals surface area contributed by atoms with Gasteiger partial charge in [0.25, 0.3) is 0 Å². The molecule has 17 heavy (non-hydrogen) atoms. The molecule has 0 spiro atoms. The Bertz CT molecular complexity index is 500. The van der Waals surface area contributed by atoms with Gasteiger partial charge in [-0.3, -0.25) is 4.68 Å². The van der Waals surface area contributed by atoms with E-state index in [9.17, 15) is 0 Å². The quantitative estimate of drug-likeness (QED) is 0.876. The summed E-state index contributed by atoms with van der Waals surface area (Å²) in [7, 11) is 0. The first kappa shape index (κ1) is 11.4. The van der Waals surface area contributed by atoms with E-state index in [1.807, 2.05) is 24.7 Å². The lowest BCUT2D eigenvalue weighted by molar-refractivity contribution is 0.456. The molecule has 2 aromatic heterocycles. The van der Waals surface area contributed by atoms with Gasteiger partial charge in [-0.05, 0) is 20.8 Å². The van der Waals surface area contributed by atoms with Gasteiger partial charge in [-0.2, -0.15) is 10.1 Å². The zero-order valence-corrected chi connectivity index (χ0v) is 10.1. The highest BCUT2D eigenvalue weighted by Gasteiger charge is 2.06. The number of hydrogen-bond acceptors (Lipinski definition) is 5. The lowest BCUT2D eigenvalue weighted by Gasteiger charge is -2.04. The molecular weight excluding hydrogens is 218 g/mol. The van der Waals surface area contributed by atoms with E-state index in [0.717, 1.165) is 0 Å². The molecule has 0 unspecified atom stereocenters. The lowest BCUT2D eigenvalue weighted by Crippen LogP contribution is -2.00. The fourth-order valence-electron chi connectivity index (χ4n) is 1.39. The molecule has 0 aliphatic rings. The van der Waals surface area contributed by atoms with Gasteiger partial charge in [0, 0.05) is 12.1 Å². The molecule has 0 amide bonds. The van der Waals surface area contributed by atoms with Crippen LogP contribution in [0.3, 0.4) is 0 Å². The monoisotopic (exact) mass is 233 g/mol.